The van der Waals surface area contributed by atoms with Crippen molar-refractivity contribution in [3.63, 3.8) is 0 Å². The van der Waals surface area contributed by atoms with Crippen molar-refractivity contribution < 1.29 is 9.59 Å². The Hall–Kier alpha value is -1.36. The number of carbonyl (C=O) groups excluding carboxylic acids is 2. The fourth-order valence-corrected chi connectivity index (χ4v) is 3.90. The minimum Gasteiger partial charge on any atom is -0.323 e. The molecule has 1 saturated carbocycles. The second kappa shape index (κ2) is 5.44. The molecule has 2 atom stereocenters. The molecule has 1 aromatic rings. The summed E-state index contributed by atoms with van der Waals surface area (Å²) in [6.45, 7) is 2.40. The van der Waals surface area contributed by atoms with Crippen LogP contribution in [0.25, 0.3) is 0 Å². The van der Waals surface area contributed by atoms with Gasteiger partial charge in [0.2, 0.25) is 0 Å². The van der Waals surface area contributed by atoms with Crippen molar-refractivity contribution in [2.75, 3.05) is 0 Å². The highest BCUT2D eigenvalue weighted by molar-refractivity contribution is 9.10. The number of hydrogen-bond acceptors (Lipinski definition) is 2. The van der Waals surface area contributed by atoms with Gasteiger partial charge >= 0.3 is 6.03 Å². The predicted molar refractivity (Wildman–Crippen MR) is 83.6 cm³/mol. The van der Waals surface area contributed by atoms with Crippen LogP contribution in [0.4, 0.5) is 4.79 Å². The molecule has 1 aliphatic heterocycles. The summed E-state index contributed by atoms with van der Waals surface area (Å²) in [6, 6.07) is 7.46. The number of rotatable bonds is 2. The second-order valence-corrected chi connectivity index (χ2v) is 6.99. The van der Waals surface area contributed by atoms with Crippen molar-refractivity contribution in [1.82, 2.24) is 10.2 Å². The number of halogens is 1. The first-order valence-electron chi connectivity index (χ1n) is 7.41. The van der Waals surface area contributed by atoms with E-state index in [1.165, 1.54) is 4.90 Å². The maximum absolute atomic E-state index is 12.8. The first-order chi connectivity index (χ1) is 10.0. The normalized spacial score (nSPS) is 29.0. The van der Waals surface area contributed by atoms with E-state index in [9.17, 15) is 9.59 Å². The van der Waals surface area contributed by atoms with E-state index in [1.54, 1.807) is 0 Å². The highest BCUT2D eigenvalue weighted by atomic mass is 79.9. The van der Waals surface area contributed by atoms with Gasteiger partial charge in [0.15, 0.2) is 0 Å². The lowest BCUT2D eigenvalue weighted by Crippen LogP contribution is -2.53. The van der Waals surface area contributed by atoms with Crippen molar-refractivity contribution in [2.45, 2.75) is 44.7 Å². The molecule has 1 spiro atoms. The Morgan fingerprint density at radius 2 is 2.19 bits per heavy atom. The van der Waals surface area contributed by atoms with Crippen molar-refractivity contribution in [3.8, 4) is 0 Å². The van der Waals surface area contributed by atoms with Crippen LogP contribution in [0.1, 0.15) is 38.2 Å². The third kappa shape index (κ3) is 2.48. The molecule has 0 aromatic heterocycles. The Morgan fingerprint density at radius 1 is 1.38 bits per heavy atom. The van der Waals surface area contributed by atoms with Crippen molar-refractivity contribution in [3.05, 3.63) is 34.3 Å². The van der Waals surface area contributed by atoms with Gasteiger partial charge in [0.25, 0.3) is 5.91 Å². The molecule has 3 amide bonds. The van der Waals surface area contributed by atoms with Crippen LogP contribution in [0, 0.1) is 5.92 Å². The first kappa shape index (κ1) is 14.6. The smallest absolute Gasteiger partial charge is 0.323 e. The van der Waals surface area contributed by atoms with Gasteiger partial charge in [-0.15, -0.1) is 0 Å². The Kier molecular flexibility index (Phi) is 3.78. The number of nitrogens with zero attached hydrogens (tertiary/aromatic N) is 1. The second-order valence-electron chi connectivity index (χ2n) is 6.07. The minimum absolute atomic E-state index is 0.0559. The van der Waals surface area contributed by atoms with Crippen LogP contribution in [-0.2, 0) is 11.3 Å². The molecule has 2 aliphatic rings. The molecule has 21 heavy (non-hydrogen) atoms. The minimum atomic E-state index is -0.665. The van der Waals surface area contributed by atoms with Crippen LogP contribution in [0.15, 0.2) is 28.7 Å². The third-order valence-corrected chi connectivity index (χ3v) is 5.22. The van der Waals surface area contributed by atoms with Crippen LogP contribution in [0.5, 0.6) is 0 Å². The van der Waals surface area contributed by atoms with Gasteiger partial charge in [-0.3, -0.25) is 9.69 Å². The number of imide groups is 1. The Bertz CT molecular complexity index is 589. The zero-order chi connectivity index (χ0) is 15.0. The molecule has 1 aliphatic carbocycles. The van der Waals surface area contributed by atoms with Gasteiger partial charge < -0.3 is 5.32 Å². The molecule has 1 N–H and O–H groups in total. The summed E-state index contributed by atoms with van der Waals surface area (Å²) in [6.07, 6.45) is 3.89. The van der Waals surface area contributed by atoms with Gasteiger partial charge in [-0.2, -0.15) is 0 Å². The quantitative estimate of drug-likeness (QED) is 0.830. The molecule has 1 aromatic carbocycles. The Morgan fingerprint density at radius 3 is 2.90 bits per heavy atom. The number of hydrogen-bond donors (Lipinski definition) is 1. The summed E-state index contributed by atoms with van der Waals surface area (Å²) in [5.74, 6) is 0.148. The summed E-state index contributed by atoms with van der Waals surface area (Å²) >= 11 is 3.42. The largest absolute Gasteiger partial charge is 0.325 e. The zero-order valence-corrected chi connectivity index (χ0v) is 13.6. The molecule has 2 fully saturated rings. The van der Waals surface area contributed by atoms with Crippen LogP contribution >= 0.6 is 15.9 Å². The van der Waals surface area contributed by atoms with Gasteiger partial charge in [0.1, 0.15) is 5.54 Å². The molecule has 0 unspecified atom stereocenters. The van der Waals surface area contributed by atoms with Crippen molar-refractivity contribution in [2.24, 2.45) is 5.92 Å². The average Bonchev–Trinajstić information content (AvgIpc) is 2.68. The molecule has 4 nitrogen and oxygen atoms in total. The standard InChI is InChI=1S/C16H19BrN2O2/c1-11-5-2-3-8-16(11)14(20)19(15(21)18-16)10-12-6-4-7-13(17)9-12/h4,6-7,9,11H,2-3,5,8,10H2,1H3,(H,18,21)/t11-,16+/m0/s1. The molecule has 5 heteroatoms. The van der Waals surface area contributed by atoms with E-state index in [-0.39, 0.29) is 17.9 Å². The van der Waals surface area contributed by atoms with Crippen molar-refractivity contribution in [1.29, 1.82) is 0 Å². The average molecular weight is 351 g/mol. The highest BCUT2D eigenvalue weighted by Crippen LogP contribution is 2.38. The van der Waals surface area contributed by atoms with Gasteiger partial charge in [-0.25, -0.2) is 4.79 Å². The Labute approximate surface area is 133 Å². The maximum atomic E-state index is 12.8. The number of benzene rings is 1. The molecule has 0 radical (unpaired) electrons. The summed E-state index contributed by atoms with van der Waals surface area (Å²) < 4.78 is 0.952. The van der Waals surface area contributed by atoms with E-state index >= 15 is 0 Å². The molecule has 112 valence electrons. The number of nitrogens with one attached hydrogen (secondary N) is 1. The number of urea groups is 1. The molecule has 0 bridgehead atoms. The summed E-state index contributed by atoms with van der Waals surface area (Å²) in [7, 11) is 0. The molecular weight excluding hydrogens is 332 g/mol. The maximum Gasteiger partial charge on any atom is 0.325 e. The topological polar surface area (TPSA) is 49.4 Å². The molecular formula is C16H19BrN2O2. The van der Waals surface area contributed by atoms with Crippen molar-refractivity contribution >= 4 is 27.9 Å². The lowest BCUT2D eigenvalue weighted by Gasteiger charge is -2.36. The van der Waals surface area contributed by atoms with Crippen LogP contribution in [0.3, 0.4) is 0 Å². The Balaban J connectivity index is 1.84. The van der Waals surface area contributed by atoms with E-state index in [2.05, 4.69) is 28.2 Å². The third-order valence-electron chi connectivity index (χ3n) is 4.73. The van der Waals surface area contributed by atoms with Crippen LogP contribution < -0.4 is 5.32 Å². The van der Waals surface area contributed by atoms with Gasteiger partial charge in [-0.05, 0) is 36.5 Å². The van der Waals surface area contributed by atoms with E-state index < -0.39 is 5.54 Å². The van der Waals surface area contributed by atoms with Crippen LogP contribution in [-0.4, -0.2) is 22.4 Å². The van der Waals surface area contributed by atoms with Gasteiger partial charge in [0, 0.05) is 4.47 Å². The lowest BCUT2D eigenvalue weighted by molar-refractivity contribution is -0.134. The summed E-state index contributed by atoms with van der Waals surface area (Å²) in [5.41, 5.74) is 0.287. The fraction of sp³-hybridized carbons (Fsp3) is 0.500. The van der Waals surface area contributed by atoms with Gasteiger partial charge in [-0.1, -0.05) is 47.8 Å². The summed E-state index contributed by atoms with van der Waals surface area (Å²) in [5, 5.41) is 2.98. The zero-order valence-electron chi connectivity index (χ0n) is 12.1. The summed E-state index contributed by atoms with van der Waals surface area (Å²) in [4.78, 5) is 26.5. The van der Waals surface area contributed by atoms with E-state index in [0.29, 0.717) is 6.54 Å². The SMILES string of the molecule is C[C@H]1CCCC[C@@]12NC(=O)N(Cc1cccc(Br)c1)C2=O. The fourth-order valence-electron chi connectivity index (χ4n) is 3.46. The molecule has 1 saturated heterocycles. The molecule has 3 rings (SSSR count). The van der Waals surface area contributed by atoms with Crippen LogP contribution in [0.2, 0.25) is 0 Å². The first-order valence-corrected chi connectivity index (χ1v) is 8.21. The highest BCUT2D eigenvalue weighted by Gasteiger charge is 2.54. The number of carbonyl (C=O) groups is 2. The molecule has 1 heterocycles. The lowest BCUT2D eigenvalue weighted by atomic mass is 9.73. The number of amides is 3. The van der Waals surface area contributed by atoms with Gasteiger partial charge in [0.05, 0.1) is 6.54 Å². The van der Waals surface area contributed by atoms with E-state index in [4.69, 9.17) is 0 Å². The predicted octanol–water partition coefficient (Wildman–Crippen LogP) is 3.45. The van der Waals surface area contributed by atoms with E-state index in [1.807, 2.05) is 24.3 Å². The monoisotopic (exact) mass is 350 g/mol. The van der Waals surface area contributed by atoms with E-state index in [0.717, 1.165) is 35.7 Å².